The van der Waals surface area contributed by atoms with Gasteiger partial charge < -0.3 is 0 Å². The Bertz CT molecular complexity index is 610. The Morgan fingerprint density at radius 2 is 1.95 bits per heavy atom. The van der Waals surface area contributed by atoms with Crippen LogP contribution in [0.2, 0.25) is 0 Å². The van der Waals surface area contributed by atoms with Crippen LogP contribution in [0.15, 0.2) is 49.1 Å². The molecule has 0 aliphatic carbocycles. The van der Waals surface area contributed by atoms with Crippen LogP contribution in [0.25, 0.3) is 5.57 Å². The Labute approximate surface area is 117 Å². The minimum atomic E-state index is -0.136. The van der Waals surface area contributed by atoms with Gasteiger partial charge in [-0.1, -0.05) is 24.3 Å². The lowest BCUT2D eigenvalue weighted by Gasteiger charge is -2.26. The van der Waals surface area contributed by atoms with Crippen molar-refractivity contribution in [3.8, 4) is 0 Å². The lowest BCUT2D eigenvalue weighted by Crippen LogP contribution is -2.28. The predicted molar refractivity (Wildman–Crippen MR) is 76.3 cm³/mol. The van der Waals surface area contributed by atoms with E-state index < -0.39 is 0 Å². The summed E-state index contributed by atoms with van der Waals surface area (Å²) in [6.07, 6.45) is 8.20. The molecular weight excluding hydrogens is 253 g/mol. The molecule has 0 bridgehead atoms. The number of halogens is 1. The van der Waals surface area contributed by atoms with Gasteiger partial charge in [0.2, 0.25) is 0 Å². The lowest BCUT2D eigenvalue weighted by molar-refractivity contribution is 0.293. The first-order chi connectivity index (χ1) is 9.83. The molecule has 3 rings (SSSR count). The molecule has 1 aliphatic heterocycles. The zero-order chi connectivity index (χ0) is 13.8. The van der Waals surface area contributed by atoms with Gasteiger partial charge in [-0.25, -0.2) is 14.4 Å². The van der Waals surface area contributed by atoms with E-state index in [1.54, 1.807) is 6.07 Å². The molecule has 1 aromatic heterocycles. The number of aromatic nitrogens is 2. The minimum absolute atomic E-state index is 0.136. The van der Waals surface area contributed by atoms with Gasteiger partial charge in [-0.3, -0.25) is 4.90 Å². The average Bonchev–Trinajstić information content (AvgIpc) is 2.50. The second-order valence-electron chi connectivity index (χ2n) is 4.94. The molecule has 0 fully saturated rings. The summed E-state index contributed by atoms with van der Waals surface area (Å²) in [5.74, 6) is -0.136. The molecule has 0 spiro atoms. The maximum absolute atomic E-state index is 13.7. The van der Waals surface area contributed by atoms with E-state index in [0.717, 1.165) is 42.8 Å². The highest BCUT2D eigenvalue weighted by atomic mass is 19.1. The molecule has 0 saturated heterocycles. The van der Waals surface area contributed by atoms with Crippen molar-refractivity contribution in [2.75, 3.05) is 13.1 Å². The molecule has 4 heteroatoms. The number of nitrogens with zero attached hydrogens (tertiary/aromatic N) is 3. The standard InChI is InChI=1S/C16H16FN3/c17-16-4-2-1-3-15(16)14-5-7-20(8-6-14)11-13-9-18-12-19-10-13/h1-5,9-10,12H,6-8,11H2. The van der Waals surface area contributed by atoms with Crippen molar-refractivity contribution in [1.29, 1.82) is 0 Å². The fourth-order valence-electron chi connectivity index (χ4n) is 2.49. The van der Waals surface area contributed by atoms with Gasteiger partial charge in [0.1, 0.15) is 12.1 Å². The summed E-state index contributed by atoms with van der Waals surface area (Å²) in [6, 6.07) is 6.97. The first kappa shape index (κ1) is 12.9. The van der Waals surface area contributed by atoms with Crippen LogP contribution in [0.1, 0.15) is 17.5 Å². The molecular formula is C16H16FN3. The van der Waals surface area contributed by atoms with Gasteiger partial charge in [0.05, 0.1) is 0 Å². The first-order valence-electron chi connectivity index (χ1n) is 6.73. The van der Waals surface area contributed by atoms with Gasteiger partial charge in [0, 0.05) is 43.2 Å². The largest absolute Gasteiger partial charge is 0.295 e. The van der Waals surface area contributed by atoms with Crippen LogP contribution in [0.4, 0.5) is 4.39 Å². The number of benzene rings is 1. The van der Waals surface area contributed by atoms with Gasteiger partial charge in [0.15, 0.2) is 0 Å². The average molecular weight is 269 g/mol. The van der Waals surface area contributed by atoms with Gasteiger partial charge in [-0.15, -0.1) is 0 Å². The number of hydrogen-bond acceptors (Lipinski definition) is 3. The van der Waals surface area contributed by atoms with E-state index in [4.69, 9.17) is 0 Å². The van der Waals surface area contributed by atoms with Crippen LogP contribution in [0, 0.1) is 5.82 Å². The molecule has 0 saturated carbocycles. The molecule has 0 N–H and O–H groups in total. The van der Waals surface area contributed by atoms with Crippen molar-refractivity contribution in [1.82, 2.24) is 14.9 Å². The zero-order valence-corrected chi connectivity index (χ0v) is 11.2. The van der Waals surface area contributed by atoms with Crippen molar-refractivity contribution in [3.63, 3.8) is 0 Å². The van der Waals surface area contributed by atoms with Crippen LogP contribution >= 0.6 is 0 Å². The Morgan fingerprint density at radius 3 is 2.65 bits per heavy atom. The van der Waals surface area contributed by atoms with Crippen molar-refractivity contribution >= 4 is 5.57 Å². The summed E-state index contributed by atoms with van der Waals surface area (Å²) in [5.41, 5.74) is 2.94. The molecule has 0 atom stereocenters. The van der Waals surface area contributed by atoms with E-state index in [1.165, 1.54) is 12.4 Å². The fourth-order valence-corrected chi connectivity index (χ4v) is 2.49. The maximum atomic E-state index is 13.7. The van der Waals surface area contributed by atoms with E-state index in [1.807, 2.05) is 24.5 Å². The molecule has 0 unspecified atom stereocenters. The SMILES string of the molecule is Fc1ccccc1C1=CCN(Cc2cncnc2)CC1. The molecule has 3 nitrogen and oxygen atoms in total. The van der Waals surface area contributed by atoms with Gasteiger partial charge in [-0.2, -0.15) is 0 Å². The van der Waals surface area contributed by atoms with E-state index in [9.17, 15) is 4.39 Å². The highest BCUT2D eigenvalue weighted by Crippen LogP contribution is 2.24. The quantitative estimate of drug-likeness (QED) is 0.858. The summed E-state index contributed by atoms with van der Waals surface area (Å²) < 4.78 is 13.7. The van der Waals surface area contributed by atoms with E-state index in [-0.39, 0.29) is 5.82 Å². The second-order valence-corrected chi connectivity index (χ2v) is 4.94. The van der Waals surface area contributed by atoms with Crippen LogP contribution in [0.3, 0.4) is 0 Å². The van der Waals surface area contributed by atoms with Crippen molar-refractivity contribution in [2.45, 2.75) is 13.0 Å². The molecule has 1 aliphatic rings. The minimum Gasteiger partial charge on any atom is -0.295 e. The third-order valence-electron chi connectivity index (χ3n) is 3.53. The lowest BCUT2D eigenvalue weighted by atomic mass is 9.99. The van der Waals surface area contributed by atoms with Crippen LogP contribution in [-0.4, -0.2) is 28.0 Å². The summed E-state index contributed by atoms with van der Waals surface area (Å²) >= 11 is 0. The monoisotopic (exact) mass is 269 g/mol. The predicted octanol–water partition coefficient (Wildman–Crippen LogP) is 2.91. The van der Waals surface area contributed by atoms with Crippen molar-refractivity contribution < 1.29 is 4.39 Å². The second kappa shape index (κ2) is 5.92. The summed E-state index contributed by atoms with van der Waals surface area (Å²) in [5, 5.41) is 0. The molecule has 2 heterocycles. The number of rotatable bonds is 3. The first-order valence-corrected chi connectivity index (χ1v) is 6.73. The summed E-state index contributed by atoms with van der Waals surface area (Å²) in [4.78, 5) is 10.4. The van der Waals surface area contributed by atoms with E-state index in [2.05, 4.69) is 20.9 Å². The highest BCUT2D eigenvalue weighted by molar-refractivity contribution is 5.67. The topological polar surface area (TPSA) is 29.0 Å². The molecule has 0 amide bonds. The van der Waals surface area contributed by atoms with Crippen molar-refractivity contribution in [3.05, 3.63) is 66.0 Å². The van der Waals surface area contributed by atoms with Crippen molar-refractivity contribution in [2.24, 2.45) is 0 Å². The van der Waals surface area contributed by atoms with Crippen LogP contribution < -0.4 is 0 Å². The Morgan fingerprint density at radius 1 is 1.15 bits per heavy atom. The third kappa shape index (κ3) is 2.91. The Balaban J connectivity index is 1.68. The Hall–Kier alpha value is -2.07. The van der Waals surface area contributed by atoms with E-state index in [0.29, 0.717) is 0 Å². The summed E-state index contributed by atoms with van der Waals surface area (Å²) in [7, 11) is 0. The summed E-state index contributed by atoms with van der Waals surface area (Å²) in [6.45, 7) is 2.59. The Kier molecular flexibility index (Phi) is 3.83. The maximum Gasteiger partial charge on any atom is 0.130 e. The van der Waals surface area contributed by atoms with E-state index >= 15 is 0 Å². The zero-order valence-electron chi connectivity index (χ0n) is 11.2. The fraction of sp³-hybridized carbons (Fsp3) is 0.250. The third-order valence-corrected chi connectivity index (χ3v) is 3.53. The number of hydrogen-bond donors (Lipinski definition) is 0. The normalized spacial score (nSPS) is 15.9. The smallest absolute Gasteiger partial charge is 0.130 e. The van der Waals surface area contributed by atoms with Gasteiger partial charge in [-0.05, 0) is 18.1 Å². The molecule has 2 aromatic rings. The highest BCUT2D eigenvalue weighted by Gasteiger charge is 2.15. The van der Waals surface area contributed by atoms with Crippen LogP contribution in [-0.2, 0) is 6.54 Å². The molecule has 1 aromatic carbocycles. The van der Waals surface area contributed by atoms with Gasteiger partial charge in [0.25, 0.3) is 0 Å². The van der Waals surface area contributed by atoms with Crippen LogP contribution in [0.5, 0.6) is 0 Å². The molecule has 0 radical (unpaired) electrons. The molecule has 20 heavy (non-hydrogen) atoms. The molecule has 102 valence electrons. The van der Waals surface area contributed by atoms with Gasteiger partial charge >= 0.3 is 0 Å².